The molecule has 0 aliphatic heterocycles. The van der Waals surface area contributed by atoms with Crippen LogP contribution in [0.5, 0.6) is 0 Å². The van der Waals surface area contributed by atoms with Crippen LogP contribution >= 0.6 is 0 Å². The van der Waals surface area contributed by atoms with Crippen LogP contribution in [0.3, 0.4) is 0 Å². The molecule has 0 amide bonds. The van der Waals surface area contributed by atoms with Crippen LogP contribution in [0.2, 0.25) is 0 Å². The van der Waals surface area contributed by atoms with Gasteiger partial charge in [0, 0.05) is 11.3 Å². The first kappa shape index (κ1) is 14.7. The van der Waals surface area contributed by atoms with Crippen molar-refractivity contribution in [1.29, 1.82) is 0 Å². The fourth-order valence-corrected chi connectivity index (χ4v) is 2.76. The van der Waals surface area contributed by atoms with Crippen molar-refractivity contribution in [2.75, 3.05) is 4.72 Å². The molecule has 0 spiro atoms. The lowest BCUT2D eigenvalue weighted by Crippen LogP contribution is -2.13. The monoisotopic (exact) mass is 305 g/mol. The second-order valence-electron chi connectivity index (χ2n) is 4.18. The van der Waals surface area contributed by atoms with Crippen molar-refractivity contribution < 1.29 is 23.1 Å². The molecule has 0 saturated heterocycles. The Morgan fingerprint density at radius 1 is 1.10 bits per heavy atom. The summed E-state index contributed by atoms with van der Waals surface area (Å²) in [5.74, 6) is -1.09. The lowest BCUT2D eigenvalue weighted by Gasteiger charge is -2.08. The van der Waals surface area contributed by atoms with Gasteiger partial charge in [-0.3, -0.25) is 9.52 Å². The molecule has 0 aliphatic carbocycles. The van der Waals surface area contributed by atoms with Gasteiger partial charge in [0.2, 0.25) is 0 Å². The number of rotatable bonds is 5. The Labute approximate surface area is 121 Å². The van der Waals surface area contributed by atoms with E-state index in [1.807, 2.05) is 0 Å². The quantitative estimate of drug-likeness (QED) is 0.823. The molecule has 2 N–H and O–H groups in total. The van der Waals surface area contributed by atoms with Crippen LogP contribution in [-0.2, 0) is 10.0 Å². The molecule has 0 radical (unpaired) electrons. The summed E-state index contributed by atoms with van der Waals surface area (Å²) in [5, 5.41) is 8.77. The number of benzene rings is 2. The Bertz CT molecular complexity index is 781. The first-order valence-corrected chi connectivity index (χ1v) is 7.32. The fourth-order valence-electron chi connectivity index (χ4n) is 1.65. The molecule has 2 aromatic carbocycles. The van der Waals surface area contributed by atoms with Crippen molar-refractivity contribution in [2.24, 2.45) is 0 Å². The van der Waals surface area contributed by atoms with Gasteiger partial charge in [0.05, 0.1) is 10.5 Å². The summed E-state index contributed by atoms with van der Waals surface area (Å²) in [5.41, 5.74) is 0.538. The van der Waals surface area contributed by atoms with Crippen LogP contribution in [0, 0.1) is 0 Å². The Morgan fingerprint density at radius 3 is 2.33 bits per heavy atom. The molecule has 0 bridgehead atoms. The van der Waals surface area contributed by atoms with Crippen LogP contribution in [-0.4, -0.2) is 25.8 Å². The molecule has 0 unspecified atom stereocenters. The zero-order chi connectivity index (χ0) is 15.5. The third-order valence-electron chi connectivity index (χ3n) is 2.69. The summed E-state index contributed by atoms with van der Waals surface area (Å²) in [7, 11) is -3.84. The summed E-state index contributed by atoms with van der Waals surface area (Å²) >= 11 is 0. The van der Waals surface area contributed by atoms with Gasteiger partial charge in [0.1, 0.15) is 6.29 Å². The van der Waals surface area contributed by atoms with Crippen molar-refractivity contribution in [3.05, 3.63) is 59.7 Å². The molecule has 21 heavy (non-hydrogen) atoms. The number of carboxylic acid groups (broad SMARTS) is 1. The van der Waals surface area contributed by atoms with E-state index < -0.39 is 16.0 Å². The highest BCUT2D eigenvalue weighted by Gasteiger charge is 2.14. The van der Waals surface area contributed by atoms with Crippen molar-refractivity contribution in [3.63, 3.8) is 0 Å². The van der Waals surface area contributed by atoms with E-state index in [1.54, 1.807) is 0 Å². The number of sulfonamides is 1. The highest BCUT2D eigenvalue weighted by molar-refractivity contribution is 7.92. The molecule has 0 aromatic heterocycles. The topological polar surface area (TPSA) is 101 Å². The first-order valence-electron chi connectivity index (χ1n) is 5.84. The van der Waals surface area contributed by atoms with E-state index in [0.717, 1.165) is 0 Å². The van der Waals surface area contributed by atoms with Crippen molar-refractivity contribution in [2.45, 2.75) is 4.90 Å². The molecule has 0 fully saturated rings. The van der Waals surface area contributed by atoms with Crippen molar-refractivity contribution in [3.8, 4) is 0 Å². The SMILES string of the molecule is O=Cc1cccc(S(=O)(=O)Nc2ccc(C(=O)O)cc2)c1. The van der Waals surface area contributed by atoms with Crippen LogP contribution in [0.4, 0.5) is 5.69 Å². The fraction of sp³-hybridized carbons (Fsp3) is 0. The number of hydrogen-bond acceptors (Lipinski definition) is 4. The number of nitrogens with one attached hydrogen (secondary N) is 1. The number of carbonyl (C=O) groups is 2. The number of carboxylic acids is 1. The maximum Gasteiger partial charge on any atom is 0.335 e. The van der Waals surface area contributed by atoms with Gasteiger partial charge in [-0.15, -0.1) is 0 Å². The van der Waals surface area contributed by atoms with E-state index in [-0.39, 0.29) is 21.7 Å². The van der Waals surface area contributed by atoms with E-state index in [0.29, 0.717) is 6.29 Å². The predicted octanol–water partition coefficient (Wildman–Crippen LogP) is 2.00. The number of aromatic carboxylic acids is 1. The third-order valence-corrected chi connectivity index (χ3v) is 4.07. The number of hydrogen-bond donors (Lipinski definition) is 2. The lowest BCUT2D eigenvalue weighted by molar-refractivity contribution is 0.0696. The average molecular weight is 305 g/mol. The van der Waals surface area contributed by atoms with E-state index >= 15 is 0 Å². The van der Waals surface area contributed by atoms with E-state index in [4.69, 9.17) is 5.11 Å². The molecular formula is C14H11NO5S. The molecule has 2 rings (SSSR count). The summed E-state index contributed by atoms with van der Waals surface area (Å²) < 4.78 is 26.6. The average Bonchev–Trinajstić information content (AvgIpc) is 2.47. The summed E-state index contributed by atoms with van der Waals surface area (Å²) in [4.78, 5) is 21.3. The molecule has 0 aliphatic rings. The van der Waals surface area contributed by atoms with Crippen LogP contribution in [0.1, 0.15) is 20.7 Å². The second-order valence-corrected chi connectivity index (χ2v) is 5.86. The van der Waals surface area contributed by atoms with Gasteiger partial charge in [-0.2, -0.15) is 0 Å². The molecule has 2 aromatic rings. The van der Waals surface area contributed by atoms with Gasteiger partial charge < -0.3 is 5.11 Å². The molecular weight excluding hydrogens is 294 g/mol. The van der Waals surface area contributed by atoms with Crippen LogP contribution in [0.25, 0.3) is 0 Å². The highest BCUT2D eigenvalue weighted by Crippen LogP contribution is 2.17. The van der Waals surface area contributed by atoms with Gasteiger partial charge in [-0.05, 0) is 36.4 Å². The largest absolute Gasteiger partial charge is 0.478 e. The Kier molecular flexibility index (Phi) is 4.04. The standard InChI is InChI=1S/C14H11NO5S/c16-9-10-2-1-3-13(8-10)21(19,20)15-12-6-4-11(5-7-12)14(17)18/h1-9,15H,(H,17,18). The van der Waals surface area contributed by atoms with Gasteiger partial charge >= 0.3 is 5.97 Å². The Balaban J connectivity index is 2.28. The molecule has 0 atom stereocenters. The van der Waals surface area contributed by atoms with Crippen molar-refractivity contribution >= 4 is 28.0 Å². The molecule has 108 valence electrons. The smallest absolute Gasteiger partial charge is 0.335 e. The molecule has 6 nitrogen and oxygen atoms in total. The van der Waals surface area contributed by atoms with Crippen LogP contribution in [0.15, 0.2) is 53.4 Å². The predicted molar refractivity (Wildman–Crippen MR) is 76.0 cm³/mol. The van der Waals surface area contributed by atoms with E-state index in [9.17, 15) is 18.0 Å². The number of anilines is 1. The third kappa shape index (κ3) is 3.46. The summed E-state index contributed by atoms with van der Waals surface area (Å²) in [6, 6.07) is 10.9. The zero-order valence-electron chi connectivity index (χ0n) is 10.7. The maximum atomic E-state index is 12.1. The summed E-state index contributed by atoms with van der Waals surface area (Å²) in [6.07, 6.45) is 0.556. The second kappa shape index (κ2) is 5.76. The first-order chi connectivity index (χ1) is 9.92. The minimum absolute atomic E-state index is 0.0468. The lowest BCUT2D eigenvalue weighted by atomic mass is 10.2. The van der Waals surface area contributed by atoms with Gasteiger partial charge in [0.25, 0.3) is 10.0 Å². The number of carbonyl (C=O) groups excluding carboxylic acids is 1. The van der Waals surface area contributed by atoms with Crippen molar-refractivity contribution in [1.82, 2.24) is 0 Å². The summed E-state index contributed by atoms with van der Waals surface area (Å²) in [6.45, 7) is 0. The van der Waals surface area contributed by atoms with Gasteiger partial charge in [-0.1, -0.05) is 12.1 Å². The van der Waals surface area contributed by atoms with Gasteiger partial charge in [-0.25, -0.2) is 13.2 Å². The molecule has 0 heterocycles. The van der Waals surface area contributed by atoms with Crippen LogP contribution < -0.4 is 4.72 Å². The highest BCUT2D eigenvalue weighted by atomic mass is 32.2. The Hall–Kier alpha value is -2.67. The molecule has 0 saturated carbocycles. The zero-order valence-corrected chi connectivity index (χ0v) is 11.5. The van der Waals surface area contributed by atoms with E-state index in [1.165, 1.54) is 48.5 Å². The molecule has 7 heteroatoms. The maximum absolute atomic E-state index is 12.1. The Morgan fingerprint density at radius 2 is 1.76 bits per heavy atom. The number of aldehydes is 1. The van der Waals surface area contributed by atoms with Gasteiger partial charge in [0.15, 0.2) is 0 Å². The normalized spacial score (nSPS) is 10.9. The minimum atomic E-state index is -3.84. The minimum Gasteiger partial charge on any atom is -0.478 e. The van der Waals surface area contributed by atoms with E-state index in [2.05, 4.69) is 4.72 Å².